The number of anilines is 1. The molecule has 0 aliphatic rings. The number of hydrogen-bond acceptors (Lipinski definition) is 6. The van der Waals surface area contributed by atoms with Crippen molar-refractivity contribution in [2.45, 2.75) is 46.8 Å². The van der Waals surface area contributed by atoms with Crippen LogP contribution in [0.3, 0.4) is 0 Å². The van der Waals surface area contributed by atoms with Crippen LogP contribution in [0, 0.1) is 5.92 Å². The largest absolute Gasteiger partial charge is 0.407 e. The molecule has 6 heteroatoms. The molecule has 0 unspecified atom stereocenters. The van der Waals surface area contributed by atoms with Crippen LogP contribution in [0.15, 0.2) is 4.42 Å². The van der Waals surface area contributed by atoms with Crippen LogP contribution in [0.2, 0.25) is 0 Å². The van der Waals surface area contributed by atoms with Gasteiger partial charge in [0.15, 0.2) is 0 Å². The Balaban J connectivity index is 2.56. The molecule has 6 nitrogen and oxygen atoms in total. The third kappa shape index (κ3) is 6.02. The Morgan fingerprint density at radius 1 is 1.37 bits per heavy atom. The molecule has 0 aromatic carbocycles. The molecule has 0 saturated heterocycles. The third-order valence-corrected chi connectivity index (χ3v) is 2.52. The van der Waals surface area contributed by atoms with Gasteiger partial charge in [0, 0.05) is 6.54 Å². The maximum Gasteiger partial charge on any atom is 0.318 e. The third-order valence-electron chi connectivity index (χ3n) is 2.52. The maximum atomic E-state index is 9.85. The Labute approximate surface area is 115 Å². The van der Waals surface area contributed by atoms with Crippen molar-refractivity contribution in [3.63, 3.8) is 0 Å². The molecule has 19 heavy (non-hydrogen) atoms. The minimum Gasteiger partial charge on any atom is -0.407 e. The zero-order chi connectivity index (χ0) is 14.5. The van der Waals surface area contributed by atoms with Crippen molar-refractivity contribution in [3.05, 3.63) is 5.89 Å². The van der Waals surface area contributed by atoms with Crippen molar-refractivity contribution >= 4 is 6.01 Å². The molecular weight excluding hydrogens is 244 g/mol. The number of nitrogens with one attached hydrogen (secondary N) is 1. The van der Waals surface area contributed by atoms with Crippen molar-refractivity contribution in [1.82, 2.24) is 15.5 Å². The number of hydrogen-bond donors (Lipinski definition) is 2. The topological polar surface area (TPSA) is 74.4 Å². The van der Waals surface area contributed by atoms with Gasteiger partial charge in [0.25, 0.3) is 0 Å². The zero-order valence-corrected chi connectivity index (χ0v) is 12.6. The Hall–Kier alpha value is -1.14. The second-order valence-corrected chi connectivity index (χ2v) is 5.83. The van der Waals surface area contributed by atoms with Gasteiger partial charge in [0.05, 0.1) is 18.7 Å². The Morgan fingerprint density at radius 3 is 2.58 bits per heavy atom. The Morgan fingerprint density at radius 2 is 2.05 bits per heavy atom. The number of rotatable bonds is 8. The monoisotopic (exact) mass is 270 g/mol. The summed E-state index contributed by atoms with van der Waals surface area (Å²) in [6.07, 6.45) is 0. The van der Waals surface area contributed by atoms with Gasteiger partial charge in [0.2, 0.25) is 5.89 Å². The fourth-order valence-electron chi connectivity index (χ4n) is 1.69. The molecule has 1 aromatic heterocycles. The lowest BCUT2D eigenvalue weighted by atomic mass is 10.1. The molecule has 1 rings (SSSR count). The number of aromatic nitrogens is 2. The van der Waals surface area contributed by atoms with Crippen LogP contribution in [0.4, 0.5) is 6.01 Å². The first-order valence-electron chi connectivity index (χ1n) is 6.82. The molecule has 1 aromatic rings. The average Bonchev–Trinajstić information content (AvgIpc) is 2.73. The van der Waals surface area contributed by atoms with Crippen LogP contribution in [0.25, 0.3) is 0 Å². The number of likely N-dealkylation sites (N-methyl/N-ethyl adjacent to an activating group) is 1. The lowest BCUT2D eigenvalue weighted by molar-refractivity contribution is 0.0863. The van der Waals surface area contributed by atoms with E-state index in [9.17, 15) is 5.11 Å². The quantitative estimate of drug-likeness (QED) is 0.744. The van der Waals surface area contributed by atoms with Crippen LogP contribution in [-0.4, -0.2) is 40.5 Å². The first-order valence-corrected chi connectivity index (χ1v) is 6.82. The smallest absolute Gasteiger partial charge is 0.318 e. The molecule has 1 heterocycles. The molecule has 0 bridgehead atoms. The second kappa shape index (κ2) is 6.86. The zero-order valence-electron chi connectivity index (χ0n) is 12.6. The summed E-state index contributed by atoms with van der Waals surface area (Å²) in [5.41, 5.74) is -0.791. The molecule has 2 N–H and O–H groups in total. The van der Waals surface area contributed by atoms with Crippen molar-refractivity contribution in [1.29, 1.82) is 0 Å². The highest BCUT2D eigenvalue weighted by Crippen LogP contribution is 2.15. The van der Waals surface area contributed by atoms with Crippen molar-refractivity contribution in [3.8, 4) is 0 Å². The van der Waals surface area contributed by atoms with E-state index in [0.29, 0.717) is 37.5 Å². The van der Waals surface area contributed by atoms with Gasteiger partial charge >= 0.3 is 6.01 Å². The summed E-state index contributed by atoms with van der Waals surface area (Å²) in [6, 6.07) is 0.464. The lowest BCUT2D eigenvalue weighted by Gasteiger charge is -2.26. The Kier molecular flexibility index (Phi) is 5.75. The minimum atomic E-state index is -0.791. The molecule has 0 aliphatic carbocycles. The Bertz CT molecular complexity index is 371. The summed E-state index contributed by atoms with van der Waals surface area (Å²) < 4.78 is 5.59. The van der Waals surface area contributed by atoms with Crippen LogP contribution in [-0.2, 0) is 6.54 Å². The van der Waals surface area contributed by atoms with Gasteiger partial charge in [-0.15, -0.1) is 5.10 Å². The summed E-state index contributed by atoms with van der Waals surface area (Å²) >= 11 is 0. The molecule has 0 radical (unpaired) electrons. The first-order chi connectivity index (χ1) is 8.81. The second-order valence-electron chi connectivity index (χ2n) is 5.83. The summed E-state index contributed by atoms with van der Waals surface area (Å²) in [4.78, 5) is 1.87. The summed E-state index contributed by atoms with van der Waals surface area (Å²) in [5, 5.41) is 21.1. The minimum absolute atomic E-state index is 0.463. The molecule has 0 amide bonds. The summed E-state index contributed by atoms with van der Waals surface area (Å²) in [5.74, 6) is 1.16. The SMILES string of the molecule is CCN(CC(C)(C)O)c1nnc(CNCC(C)C)o1. The highest BCUT2D eigenvalue weighted by molar-refractivity contribution is 5.24. The van der Waals surface area contributed by atoms with E-state index in [1.807, 2.05) is 11.8 Å². The summed E-state index contributed by atoms with van der Waals surface area (Å²) in [6.45, 7) is 12.5. The number of nitrogens with zero attached hydrogens (tertiary/aromatic N) is 3. The predicted octanol–water partition coefficient (Wildman–Crippen LogP) is 1.41. The van der Waals surface area contributed by atoms with E-state index in [-0.39, 0.29) is 0 Å². The van der Waals surface area contributed by atoms with E-state index in [2.05, 4.69) is 29.4 Å². The lowest BCUT2D eigenvalue weighted by Crippen LogP contribution is -2.38. The van der Waals surface area contributed by atoms with Gasteiger partial charge in [-0.2, -0.15) is 0 Å². The van der Waals surface area contributed by atoms with Crippen LogP contribution >= 0.6 is 0 Å². The van der Waals surface area contributed by atoms with E-state index in [0.717, 1.165) is 6.54 Å². The van der Waals surface area contributed by atoms with Crippen molar-refractivity contribution in [2.75, 3.05) is 24.5 Å². The van der Waals surface area contributed by atoms with Gasteiger partial charge in [-0.1, -0.05) is 18.9 Å². The molecule has 0 spiro atoms. The fourth-order valence-corrected chi connectivity index (χ4v) is 1.69. The van der Waals surface area contributed by atoms with Crippen molar-refractivity contribution in [2.24, 2.45) is 5.92 Å². The average molecular weight is 270 g/mol. The van der Waals surface area contributed by atoms with E-state index in [4.69, 9.17) is 4.42 Å². The molecular formula is C13H26N4O2. The van der Waals surface area contributed by atoms with Gasteiger partial charge in [0.1, 0.15) is 0 Å². The molecule has 110 valence electrons. The highest BCUT2D eigenvalue weighted by atomic mass is 16.4. The molecule has 0 saturated carbocycles. The van der Waals surface area contributed by atoms with Crippen LogP contribution in [0.1, 0.15) is 40.5 Å². The van der Waals surface area contributed by atoms with Crippen LogP contribution < -0.4 is 10.2 Å². The predicted molar refractivity (Wildman–Crippen MR) is 75.0 cm³/mol. The van der Waals surface area contributed by atoms with Gasteiger partial charge in [-0.3, -0.25) is 0 Å². The normalized spacial score (nSPS) is 12.2. The van der Waals surface area contributed by atoms with Crippen molar-refractivity contribution < 1.29 is 9.52 Å². The van der Waals surface area contributed by atoms with Gasteiger partial charge in [-0.05, 0) is 33.2 Å². The van der Waals surface area contributed by atoms with Crippen LogP contribution in [0.5, 0.6) is 0 Å². The molecule has 0 fully saturated rings. The van der Waals surface area contributed by atoms with E-state index in [1.54, 1.807) is 13.8 Å². The van der Waals surface area contributed by atoms with Gasteiger partial charge < -0.3 is 19.7 Å². The maximum absolute atomic E-state index is 9.85. The highest BCUT2D eigenvalue weighted by Gasteiger charge is 2.21. The standard InChI is InChI=1S/C13H26N4O2/c1-6-17(9-13(4,5)18)12-16-15-11(19-12)8-14-7-10(2)3/h10,14,18H,6-9H2,1-5H3. The van der Waals surface area contributed by atoms with Gasteiger partial charge in [-0.25, -0.2) is 0 Å². The first kappa shape index (κ1) is 15.9. The summed E-state index contributed by atoms with van der Waals surface area (Å²) in [7, 11) is 0. The van der Waals surface area contributed by atoms with E-state index in [1.165, 1.54) is 0 Å². The fraction of sp³-hybridized carbons (Fsp3) is 0.846. The molecule has 0 atom stereocenters. The number of aliphatic hydroxyl groups is 1. The van der Waals surface area contributed by atoms with E-state index >= 15 is 0 Å². The van der Waals surface area contributed by atoms with E-state index < -0.39 is 5.60 Å². The molecule has 0 aliphatic heterocycles.